The summed E-state index contributed by atoms with van der Waals surface area (Å²) in [5.74, 6) is -0.167. The Labute approximate surface area is 129 Å². The first-order valence-electron chi connectivity index (χ1n) is 6.61. The van der Waals surface area contributed by atoms with Gasteiger partial charge in [-0.1, -0.05) is 12.8 Å². The molecule has 116 valence electrons. The third kappa shape index (κ3) is 4.61. The Hall–Kier alpha value is -1.79. The first-order valence-corrected chi connectivity index (χ1v) is 6.61. The summed E-state index contributed by atoms with van der Waals surface area (Å²) in [5, 5.41) is 2.81. The van der Waals surface area contributed by atoms with Crippen molar-refractivity contribution in [2.45, 2.75) is 31.2 Å². The van der Waals surface area contributed by atoms with E-state index < -0.39 is 11.4 Å². The molecule has 6 nitrogen and oxygen atoms in total. The van der Waals surface area contributed by atoms with Crippen LogP contribution >= 0.6 is 12.4 Å². The van der Waals surface area contributed by atoms with Crippen molar-refractivity contribution in [1.29, 1.82) is 0 Å². The first kappa shape index (κ1) is 17.3. The minimum atomic E-state index is -0.749. The molecule has 0 atom stereocenters. The lowest BCUT2D eigenvalue weighted by Crippen LogP contribution is -2.48. The van der Waals surface area contributed by atoms with Crippen molar-refractivity contribution in [2.75, 3.05) is 11.9 Å². The fraction of sp³-hybridized carbons (Fsp3) is 0.429. The molecule has 2 amide bonds. The van der Waals surface area contributed by atoms with Crippen molar-refractivity contribution >= 4 is 29.9 Å². The van der Waals surface area contributed by atoms with Crippen LogP contribution in [0.1, 0.15) is 25.7 Å². The van der Waals surface area contributed by atoms with Gasteiger partial charge >= 0.3 is 0 Å². The highest BCUT2D eigenvalue weighted by Gasteiger charge is 2.36. The normalized spacial score (nSPS) is 15.9. The molecule has 0 radical (unpaired) electrons. The smallest absolute Gasteiger partial charge is 0.255 e. The second-order valence-corrected chi connectivity index (χ2v) is 5.10. The number of carbonyl (C=O) groups is 2. The summed E-state index contributed by atoms with van der Waals surface area (Å²) >= 11 is 0. The molecule has 0 heterocycles. The molecule has 0 aliphatic heterocycles. The number of nitrogens with one attached hydrogen (secondary N) is 1. The largest absolute Gasteiger partial charge is 0.484 e. The number of ether oxygens (including phenoxy) is 1. The summed E-state index contributed by atoms with van der Waals surface area (Å²) < 4.78 is 5.14. The molecule has 5 N–H and O–H groups in total. The van der Waals surface area contributed by atoms with E-state index in [2.05, 4.69) is 5.32 Å². The van der Waals surface area contributed by atoms with Gasteiger partial charge < -0.3 is 21.5 Å². The second kappa shape index (κ2) is 7.28. The molecule has 0 spiro atoms. The van der Waals surface area contributed by atoms with Gasteiger partial charge in [-0.15, -0.1) is 12.4 Å². The van der Waals surface area contributed by atoms with Crippen molar-refractivity contribution in [2.24, 2.45) is 11.5 Å². The fourth-order valence-electron chi connectivity index (χ4n) is 2.28. The zero-order chi connectivity index (χ0) is 14.6. The summed E-state index contributed by atoms with van der Waals surface area (Å²) in [4.78, 5) is 22.7. The van der Waals surface area contributed by atoms with Crippen LogP contribution in [0.5, 0.6) is 5.75 Å². The maximum Gasteiger partial charge on any atom is 0.255 e. The van der Waals surface area contributed by atoms with Crippen LogP contribution in [0.3, 0.4) is 0 Å². The molecule has 0 aromatic heterocycles. The Kier molecular flexibility index (Phi) is 5.99. The summed E-state index contributed by atoms with van der Waals surface area (Å²) in [6.45, 7) is -0.169. The van der Waals surface area contributed by atoms with Crippen molar-refractivity contribution in [3.63, 3.8) is 0 Å². The van der Waals surface area contributed by atoms with Crippen LogP contribution in [0.4, 0.5) is 5.69 Å². The van der Waals surface area contributed by atoms with Gasteiger partial charge in [0.1, 0.15) is 5.75 Å². The van der Waals surface area contributed by atoms with E-state index in [4.69, 9.17) is 16.2 Å². The molecule has 1 aromatic rings. The number of benzene rings is 1. The van der Waals surface area contributed by atoms with Gasteiger partial charge in [0.25, 0.3) is 5.91 Å². The molecule has 1 aliphatic rings. The highest BCUT2D eigenvalue weighted by molar-refractivity contribution is 5.98. The van der Waals surface area contributed by atoms with E-state index in [-0.39, 0.29) is 24.9 Å². The lowest BCUT2D eigenvalue weighted by molar-refractivity contribution is -0.121. The molecule has 21 heavy (non-hydrogen) atoms. The Morgan fingerprint density at radius 3 is 2.29 bits per heavy atom. The number of anilines is 1. The number of carbonyl (C=O) groups excluding carboxylic acids is 2. The third-order valence-corrected chi connectivity index (χ3v) is 3.44. The van der Waals surface area contributed by atoms with Crippen molar-refractivity contribution in [3.05, 3.63) is 24.3 Å². The van der Waals surface area contributed by atoms with Gasteiger partial charge in [-0.05, 0) is 37.1 Å². The maximum absolute atomic E-state index is 12.1. The van der Waals surface area contributed by atoms with E-state index >= 15 is 0 Å². The van der Waals surface area contributed by atoms with Gasteiger partial charge in [0, 0.05) is 5.69 Å². The number of hydrogen-bond acceptors (Lipinski definition) is 4. The molecule has 0 unspecified atom stereocenters. The lowest BCUT2D eigenvalue weighted by Gasteiger charge is -2.22. The lowest BCUT2D eigenvalue weighted by atomic mass is 9.98. The van der Waals surface area contributed by atoms with Crippen LogP contribution in [0.15, 0.2) is 24.3 Å². The molecule has 1 fully saturated rings. The standard InChI is InChI=1S/C14H19N3O3.ClH/c15-12(18)9-20-11-5-3-10(4-6-11)17-13(19)14(16)7-1-2-8-14;/h3-6H,1-2,7-9,16H2,(H2,15,18)(H,17,19);1H. The van der Waals surface area contributed by atoms with Gasteiger partial charge in [-0.2, -0.15) is 0 Å². The SMILES string of the molecule is Cl.NC(=O)COc1ccc(NC(=O)C2(N)CCCC2)cc1. The minimum absolute atomic E-state index is 0. The summed E-state index contributed by atoms with van der Waals surface area (Å²) in [5.41, 5.74) is 11.0. The zero-order valence-electron chi connectivity index (χ0n) is 11.6. The number of nitrogens with two attached hydrogens (primary N) is 2. The highest BCUT2D eigenvalue weighted by atomic mass is 35.5. The van der Waals surface area contributed by atoms with Crippen molar-refractivity contribution in [1.82, 2.24) is 0 Å². The second-order valence-electron chi connectivity index (χ2n) is 5.10. The molecule has 1 aromatic carbocycles. The maximum atomic E-state index is 12.1. The van der Waals surface area contributed by atoms with Gasteiger partial charge in [-0.3, -0.25) is 9.59 Å². The predicted molar refractivity (Wildman–Crippen MR) is 82.4 cm³/mol. The molecule has 7 heteroatoms. The summed E-state index contributed by atoms with van der Waals surface area (Å²) in [6.07, 6.45) is 3.42. The van der Waals surface area contributed by atoms with Crippen LogP contribution < -0.4 is 21.5 Å². The molecule has 2 rings (SSSR count). The van der Waals surface area contributed by atoms with Crippen LogP contribution in [-0.4, -0.2) is 24.0 Å². The van der Waals surface area contributed by atoms with Crippen molar-refractivity contribution in [3.8, 4) is 5.75 Å². The van der Waals surface area contributed by atoms with E-state index in [1.54, 1.807) is 24.3 Å². The first-order chi connectivity index (χ1) is 9.49. The molecule has 1 aliphatic carbocycles. The topological polar surface area (TPSA) is 107 Å². The van der Waals surface area contributed by atoms with Gasteiger partial charge in [0.05, 0.1) is 5.54 Å². The van der Waals surface area contributed by atoms with Crippen LogP contribution in [-0.2, 0) is 9.59 Å². The number of amides is 2. The Balaban J connectivity index is 0.00000220. The monoisotopic (exact) mass is 313 g/mol. The zero-order valence-corrected chi connectivity index (χ0v) is 12.4. The Morgan fingerprint density at radius 2 is 1.76 bits per heavy atom. The Morgan fingerprint density at radius 1 is 1.19 bits per heavy atom. The van der Waals surface area contributed by atoms with Crippen LogP contribution in [0.25, 0.3) is 0 Å². The van der Waals surface area contributed by atoms with Crippen LogP contribution in [0.2, 0.25) is 0 Å². The van der Waals surface area contributed by atoms with E-state index in [9.17, 15) is 9.59 Å². The molecular weight excluding hydrogens is 294 g/mol. The van der Waals surface area contributed by atoms with E-state index in [1.807, 2.05) is 0 Å². The third-order valence-electron chi connectivity index (χ3n) is 3.44. The van der Waals surface area contributed by atoms with Gasteiger partial charge in [0.2, 0.25) is 5.91 Å². The molecular formula is C14H20ClN3O3. The van der Waals surface area contributed by atoms with Crippen molar-refractivity contribution < 1.29 is 14.3 Å². The average Bonchev–Trinajstić information content (AvgIpc) is 2.86. The van der Waals surface area contributed by atoms with E-state index in [0.717, 1.165) is 25.7 Å². The summed E-state index contributed by atoms with van der Waals surface area (Å²) in [7, 11) is 0. The Bertz CT molecular complexity index is 499. The van der Waals surface area contributed by atoms with Gasteiger partial charge in [-0.25, -0.2) is 0 Å². The predicted octanol–water partition coefficient (Wildman–Crippen LogP) is 1.18. The molecule has 0 saturated heterocycles. The molecule has 1 saturated carbocycles. The average molecular weight is 314 g/mol. The van der Waals surface area contributed by atoms with Crippen LogP contribution in [0, 0.1) is 0 Å². The summed E-state index contributed by atoms with van der Waals surface area (Å²) in [6, 6.07) is 6.73. The highest BCUT2D eigenvalue weighted by Crippen LogP contribution is 2.28. The molecule has 0 bridgehead atoms. The number of halogens is 1. The fourth-order valence-corrected chi connectivity index (χ4v) is 2.28. The van der Waals surface area contributed by atoms with E-state index in [0.29, 0.717) is 11.4 Å². The number of hydrogen-bond donors (Lipinski definition) is 3. The number of rotatable bonds is 5. The van der Waals surface area contributed by atoms with E-state index in [1.165, 1.54) is 0 Å². The van der Waals surface area contributed by atoms with Gasteiger partial charge in [0.15, 0.2) is 6.61 Å². The minimum Gasteiger partial charge on any atom is -0.484 e. The number of primary amides is 1. The quantitative estimate of drug-likeness (QED) is 0.758.